The third kappa shape index (κ3) is 3.79. The first kappa shape index (κ1) is 17.8. The van der Waals surface area contributed by atoms with Crippen LogP contribution in [0.15, 0.2) is 48.5 Å². The van der Waals surface area contributed by atoms with Crippen LogP contribution in [0.25, 0.3) is 0 Å². The molecule has 6 heteroatoms. The van der Waals surface area contributed by atoms with Crippen molar-refractivity contribution in [2.75, 3.05) is 16.8 Å². The Bertz CT molecular complexity index is 907. The number of rotatable bonds is 5. The Morgan fingerprint density at radius 3 is 2.31 bits per heavy atom. The summed E-state index contributed by atoms with van der Waals surface area (Å²) in [6.45, 7) is 6.48. The van der Waals surface area contributed by atoms with Crippen LogP contribution in [0.5, 0.6) is 0 Å². The fraction of sp³-hybridized carbons (Fsp3) is 0.200. The lowest BCUT2D eigenvalue weighted by Crippen LogP contribution is -2.18. The monoisotopic (exact) mass is 354 g/mol. The van der Waals surface area contributed by atoms with Gasteiger partial charge in [-0.05, 0) is 50.6 Å². The largest absolute Gasteiger partial charge is 0.335 e. The first-order valence-electron chi connectivity index (χ1n) is 8.39. The van der Waals surface area contributed by atoms with Gasteiger partial charge in [0.25, 0.3) is 0 Å². The molecule has 0 aliphatic carbocycles. The van der Waals surface area contributed by atoms with E-state index in [-0.39, 0.29) is 5.69 Å². The van der Waals surface area contributed by atoms with Crippen molar-refractivity contribution in [1.29, 1.82) is 0 Å². The lowest BCUT2D eigenvalue weighted by molar-refractivity contribution is 0.590. The highest BCUT2D eigenvalue weighted by Crippen LogP contribution is 2.28. The first-order valence-corrected chi connectivity index (χ1v) is 8.39. The van der Waals surface area contributed by atoms with Crippen LogP contribution < -0.4 is 10.2 Å². The number of nitrogens with one attached hydrogen (secondary N) is 1. The normalized spacial score (nSPS) is 10.7. The summed E-state index contributed by atoms with van der Waals surface area (Å²) in [5.74, 6) is 0.156. The van der Waals surface area contributed by atoms with Gasteiger partial charge in [0.2, 0.25) is 0 Å². The van der Waals surface area contributed by atoms with Crippen LogP contribution in [0.2, 0.25) is 0 Å². The molecule has 0 unspecified atom stereocenters. The second kappa shape index (κ2) is 7.47. The zero-order valence-electron chi connectivity index (χ0n) is 14.9. The van der Waals surface area contributed by atoms with Gasteiger partial charge in [-0.3, -0.25) is 0 Å². The molecule has 0 spiro atoms. The number of aromatic nitrogens is 2. The molecule has 1 N–H and O–H groups in total. The molecule has 4 nitrogen and oxygen atoms in total. The van der Waals surface area contributed by atoms with E-state index < -0.39 is 11.6 Å². The van der Waals surface area contributed by atoms with Gasteiger partial charge in [0.15, 0.2) is 0 Å². The summed E-state index contributed by atoms with van der Waals surface area (Å²) in [7, 11) is 0. The second-order valence-corrected chi connectivity index (χ2v) is 5.96. The quantitative estimate of drug-likeness (QED) is 0.677. The topological polar surface area (TPSA) is 41.0 Å². The molecule has 0 saturated heterocycles. The van der Waals surface area contributed by atoms with Crippen molar-refractivity contribution >= 4 is 23.0 Å². The van der Waals surface area contributed by atoms with Gasteiger partial charge in [-0.15, -0.1) is 0 Å². The molecule has 0 atom stereocenters. The summed E-state index contributed by atoms with van der Waals surface area (Å²) in [5.41, 5.74) is 1.90. The Kier molecular flexibility index (Phi) is 5.11. The van der Waals surface area contributed by atoms with Gasteiger partial charge in [-0.25, -0.2) is 18.7 Å². The Labute approximate surface area is 151 Å². The maximum Gasteiger partial charge on any atom is 0.149 e. The summed E-state index contributed by atoms with van der Waals surface area (Å²) in [6.07, 6.45) is 0. The van der Waals surface area contributed by atoms with E-state index in [4.69, 9.17) is 0 Å². The van der Waals surface area contributed by atoms with Crippen LogP contribution >= 0.6 is 0 Å². The molecule has 0 fully saturated rings. The minimum Gasteiger partial charge on any atom is -0.335 e. The molecule has 134 valence electrons. The van der Waals surface area contributed by atoms with Gasteiger partial charge < -0.3 is 10.2 Å². The van der Waals surface area contributed by atoms with E-state index in [0.717, 1.165) is 11.3 Å². The van der Waals surface area contributed by atoms with Crippen molar-refractivity contribution in [2.24, 2.45) is 0 Å². The number of benzene rings is 2. The van der Waals surface area contributed by atoms with Crippen molar-refractivity contribution in [1.82, 2.24) is 9.97 Å². The Morgan fingerprint density at radius 2 is 1.65 bits per heavy atom. The molecule has 0 radical (unpaired) electrons. The molecule has 2 aromatic carbocycles. The molecular formula is C20H20F2N4. The van der Waals surface area contributed by atoms with E-state index in [2.05, 4.69) is 21.4 Å². The van der Waals surface area contributed by atoms with E-state index in [1.54, 1.807) is 13.0 Å². The summed E-state index contributed by atoms with van der Waals surface area (Å²) in [4.78, 5) is 10.8. The summed E-state index contributed by atoms with van der Waals surface area (Å²) in [5, 5.41) is 2.74. The van der Waals surface area contributed by atoms with Crippen LogP contribution in [0, 0.1) is 25.5 Å². The van der Waals surface area contributed by atoms with Gasteiger partial charge in [0.1, 0.15) is 34.8 Å². The van der Waals surface area contributed by atoms with Crippen molar-refractivity contribution in [2.45, 2.75) is 20.8 Å². The molecule has 0 saturated carbocycles. The molecule has 3 rings (SSSR count). The van der Waals surface area contributed by atoms with E-state index in [1.165, 1.54) is 18.2 Å². The SMILES string of the molecule is CCN(c1cccc(C)c1)c1cc(Nc2c(F)cccc2F)nc(C)n1. The number of hydrogen-bond donors (Lipinski definition) is 1. The number of nitrogens with zero attached hydrogens (tertiary/aromatic N) is 3. The lowest BCUT2D eigenvalue weighted by atomic mass is 10.2. The maximum atomic E-state index is 13.9. The highest BCUT2D eigenvalue weighted by molar-refractivity contribution is 5.66. The molecule has 0 aliphatic rings. The number of anilines is 4. The van der Waals surface area contributed by atoms with Gasteiger partial charge >= 0.3 is 0 Å². The zero-order valence-corrected chi connectivity index (χ0v) is 14.9. The van der Waals surface area contributed by atoms with Crippen LogP contribution in [-0.2, 0) is 0 Å². The predicted molar refractivity (Wildman–Crippen MR) is 100 cm³/mol. The van der Waals surface area contributed by atoms with Crippen LogP contribution in [-0.4, -0.2) is 16.5 Å². The van der Waals surface area contributed by atoms with Crippen molar-refractivity contribution in [3.05, 3.63) is 71.6 Å². The highest BCUT2D eigenvalue weighted by atomic mass is 19.1. The third-order valence-corrected chi connectivity index (χ3v) is 3.95. The summed E-state index contributed by atoms with van der Waals surface area (Å²) < 4.78 is 27.8. The minimum atomic E-state index is -0.672. The fourth-order valence-corrected chi connectivity index (χ4v) is 2.77. The second-order valence-electron chi connectivity index (χ2n) is 5.96. The fourth-order valence-electron chi connectivity index (χ4n) is 2.77. The molecule has 0 aliphatic heterocycles. The molecule has 3 aromatic rings. The molecule has 1 heterocycles. The van der Waals surface area contributed by atoms with Gasteiger partial charge in [0.05, 0.1) is 0 Å². The lowest BCUT2D eigenvalue weighted by Gasteiger charge is -2.23. The Hall–Kier alpha value is -3.02. The van der Waals surface area contributed by atoms with E-state index >= 15 is 0 Å². The molecular weight excluding hydrogens is 334 g/mol. The van der Waals surface area contributed by atoms with Crippen molar-refractivity contribution < 1.29 is 8.78 Å². The number of hydrogen-bond acceptors (Lipinski definition) is 4. The van der Waals surface area contributed by atoms with Crippen molar-refractivity contribution in [3.63, 3.8) is 0 Å². The molecule has 1 aromatic heterocycles. The molecule has 0 amide bonds. The van der Waals surface area contributed by atoms with Gasteiger partial charge in [-0.1, -0.05) is 18.2 Å². The number of aryl methyl sites for hydroxylation is 2. The number of halogens is 2. The highest BCUT2D eigenvalue weighted by Gasteiger charge is 2.14. The summed E-state index contributed by atoms with van der Waals surface area (Å²) in [6, 6.07) is 13.5. The standard InChI is InChI=1S/C20H20F2N4/c1-4-26(15-8-5-7-13(2)11-15)19-12-18(23-14(3)24-19)25-20-16(21)9-6-10-17(20)22/h5-12H,4H2,1-3H3,(H,23,24,25). The zero-order chi connectivity index (χ0) is 18.7. The summed E-state index contributed by atoms with van der Waals surface area (Å²) >= 11 is 0. The van der Waals surface area contributed by atoms with E-state index in [9.17, 15) is 8.78 Å². The average molecular weight is 354 g/mol. The van der Waals surface area contributed by atoms with E-state index in [0.29, 0.717) is 24.0 Å². The smallest absolute Gasteiger partial charge is 0.149 e. The Balaban J connectivity index is 1.99. The van der Waals surface area contributed by atoms with Gasteiger partial charge in [0, 0.05) is 18.3 Å². The van der Waals surface area contributed by atoms with Crippen LogP contribution in [0.3, 0.4) is 0 Å². The van der Waals surface area contributed by atoms with Crippen molar-refractivity contribution in [3.8, 4) is 0 Å². The van der Waals surface area contributed by atoms with Crippen LogP contribution in [0.1, 0.15) is 18.3 Å². The van der Waals surface area contributed by atoms with Crippen LogP contribution in [0.4, 0.5) is 31.8 Å². The average Bonchev–Trinajstić information content (AvgIpc) is 2.59. The molecule has 26 heavy (non-hydrogen) atoms. The third-order valence-electron chi connectivity index (χ3n) is 3.95. The van der Waals surface area contributed by atoms with Gasteiger partial charge in [-0.2, -0.15) is 0 Å². The predicted octanol–water partition coefficient (Wildman–Crippen LogP) is 5.27. The molecule has 0 bridgehead atoms. The number of para-hydroxylation sites is 1. The first-order chi connectivity index (χ1) is 12.5. The maximum absolute atomic E-state index is 13.9. The Morgan fingerprint density at radius 1 is 0.962 bits per heavy atom. The van der Waals surface area contributed by atoms with E-state index in [1.807, 2.05) is 36.9 Å². The minimum absolute atomic E-state index is 0.227.